The van der Waals surface area contributed by atoms with Gasteiger partial charge in [0.1, 0.15) is 0 Å². The molecule has 2 aromatic carbocycles. The average Bonchev–Trinajstić information content (AvgIpc) is 2.49. The Balaban J connectivity index is 2.39. The molecule has 0 atom stereocenters. The van der Waals surface area contributed by atoms with E-state index in [4.69, 9.17) is 10.5 Å². The first-order valence-corrected chi connectivity index (χ1v) is 6.54. The van der Waals surface area contributed by atoms with E-state index in [0.29, 0.717) is 16.9 Å². The molecule has 0 aliphatic rings. The van der Waals surface area contributed by atoms with E-state index < -0.39 is 5.97 Å². The number of anilines is 4. The van der Waals surface area contributed by atoms with Crippen LogP contribution in [0, 0.1) is 0 Å². The molecule has 0 amide bonds. The highest BCUT2D eigenvalue weighted by molar-refractivity contribution is 5.99. The van der Waals surface area contributed by atoms with Crippen LogP contribution in [0.1, 0.15) is 10.4 Å². The molecule has 110 valence electrons. The second-order valence-electron chi connectivity index (χ2n) is 4.79. The van der Waals surface area contributed by atoms with Gasteiger partial charge in [-0.2, -0.15) is 0 Å². The van der Waals surface area contributed by atoms with Crippen molar-refractivity contribution in [2.45, 2.75) is 0 Å². The number of nitrogen functional groups attached to an aromatic ring is 1. The SMILES string of the molecule is COC(=O)c1cccc(Nc2ccccc2N(C)C)c1N. The van der Waals surface area contributed by atoms with Crippen LogP contribution in [0.2, 0.25) is 0 Å². The minimum atomic E-state index is -0.447. The third-order valence-corrected chi connectivity index (χ3v) is 3.17. The van der Waals surface area contributed by atoms with Crippen LogP contribution in [0.25, 0.3) is 0 Å². The number of ether oxygens (including phenoxy) is 1. The first-order valence-electron chi connectivity index (χ1n) is 6.54. The number of methoxy groups -OCH3 is 1. The zero-order valence-corrected chi connectivity index (χ0v) is 12.4. The Morgan fingerprint density at radius 1 is 1.10 bits per heavy atom. The van der Waals surface area contributed by atoms with E-state index in [1.807, 2.05) is 49.3 Å². The van der Waals surface area contributed by atoms with Gasteiger partial charge in [0, 0.05) is 14.1 Å². The fraction of sp³-hybridized carbons (Fsp3) is 0.188. The summed E-state index contributed by atoms with van der Waals surface area (Å²) >= 11 is 0. The van der Waals surface area contributed by atoms with Crippen molar-refractivity contribution in [3.63, 3.8) is 0 Å². The normalized spacial score (nSPS) is 10.0. The highest BCUT2D eigenvalue weighted by Crippen LogP contribution is 2.31. The van der Waals surface area contributed by atoms with Crippen molar-refractivity contribution in [2.75, 3.05) is 37.2 Å². The number of nitrogens with one attached hydrogen (secondary N) is 1. The van der Waals surface area contributed by atoms with Gasteiger partial charge in [0.25, 0.3) is 0 Å². The van der Waals surface area contributed by atoms with Crippen LogP contribution < -0.4 is 16.0 Å². The van der Waals surface area contributed by atoms with Gasteiger partial charge in [-0.1, -0.05) is 18.2 Å². The van der Waals surface area contributed by atoms with Gasteiger partial charge in [-0.3, -0.25) is 0 Å². The molecular formula is C16H19N3O2. The largest absolute Gasteiger partial charge is 0.465 e. The van der Waals surface area contributed by atoms with Crippen LogP contribution in [-0.4, -0.2) is 27.2 Å². The highest BCUT2D eigenvalue weighted by Gasteiger charge is 2.13. The molecule has 3 N–H and O–H groups in total. The summed E-state index contributed by atoms with van der Waals surface area (Å²) in [6.07, 6.45) is 0. The van der Waals surface area contributed by atoms with Crippen molar-refractivity contribution in [1.82, 2.24) is 0 Å². The molecule has 21 heavy (non-hydrogen) atoms. The van der Waals surface area contributed by atoms with Crippen LogP contribution >= 0.6 is 0 Å². The number of carbonyl (C=O) groups excluding carboxylic acids is 1. The molecule has 0 saturated carbocycles. The Labute approximate surface area is 124 Å². The highest BCUT2D eigenvalue weighted by atomic mass is 16.5. The molecule has 0 bridgehead atoms. The van der Waals surface area contributed by atoms with Gasteiger partial charge in [0.15, 0.2) is 0 Å². The molecular weight excluding hydrogens is 266 g/mol. The molecule has 5 nitrogen and oxygen atoms in total. The molecule has 0 fully saturated rings. The fourth-order valence-electron chi connectivity index (χ4n) is 2.08. The van der Waals surface area contributed by atoms with Crippen LogP contribution in [0.4, 0.5) is 22.7 Å². The maximum absolute atomic E-state index is 11.7. The van der Waals surface area contributed by atoms with Gasteiger partial charge < -0.3 is 20.7 Å². The molecule has 0 saturated heterocycles. The first-order chi connectivity index (χ1) is 10.0. The summed E-state index contributed by atoms with van der Waals surface area (Å²) in [7, 11) is 5.27. The summed E-state index contributed by atoms with van der Waals surface area (Å²) in [6, 6.07) is 13.1. The van der Waals surface area contributed by atoms with Gasteiger partial charge in [-0.05, 0) is 24.3 Å². The molecule has 0 spiro atoms. The van der Waals surface area contributed by atoms with E-state index in [2.05, 4.69) is 5.32 Å². The number of para-hydroxylation sites is 3. The molecule has 2 aromatic rings. The van der Waals surface area contributed by atoms with E-state index in [9.17, 15) is 4.79 Å². The Bertz CT molecular complexity index is 654. The lowest BCUT2D eigenvalue weighted by molar-refractivity contribution is 0.0602. The maximum Gasteiger partial charge on any atom is 0.340 e. The zero-order chi connectivity index (χ0) is 15.4. The Morgan fingerprint density at radius 3 is 2.43 bits per heavy atom. The second-order valence-corrected chi connectivity index (χ2v) is 4.79. The monoisotopic (exact) mass is 285 g/mol. The van der Waals surface area contributed by atoms with Gasteiger partial charge >= 0.3 is 5.97 Å². The Kier molecular flexibility index (Phi) is 4.33. The summed E-state index contributed by atoms with van der Waals surface area (Å²) in [5.74, 6) is -0.447. The standard InChI is InChI=1S/C16H19N3O2/c1-19(2)14-10-5-4-8-12(14)18-13-9-6-7-11(15(13)17)16(20)21-3/h4-10,18H,17H2,1-3H3. The lowest BCUT2D eigenvalue weighted by atomic mass is 10.1. The average molecular weight is 285 g/mol. The van der Waals surface area contributed by atoms with E-state index in [-0.39, 0.29) is 0 Å². The van der Waals surface area contributed by atoms with E-state index >= 15 is 0 Å². The zero-order valence-electron chi connectivity index (χ0n) is 12.4. The van der Waals surface area contributed by atoms with Crippen molar-refractivity contribution in [1.29, 1.82) is 0 Å². The number of hydrogen-bond donors (Lipinski definition) is 2. The lowest BCUT2D eigenvalue weighted by Gasteiger charge is -2.19. The molecule has 2 rings (SSSR count). The molecule has 0 aliphatic carbocycles. The molecule has 0 unspecified atom stereocenters. The number of hydrogen-bond acceptors (Lipinski definition) is 5. The number of rotatable bonds is 4. The quantitative estimate of drug-likeness (QED) is 0.668. The third kappa shape index (κ3) is 3.08. The predicted molar refractivity (Wildman–Crippen MR) is 86.2 cm³/mol. The number of benzene rings is 2. The van der Waals surface area contributed by atoms with Crippen LogP contribution in [-0.2, 0) is 4.74 Å². The Hall–Kier alpha value is -2.69. The second kappa shape index (κ2) is 6.17. The van der Waals surface area contributed by atoms with Gasteiger partial charge in [-0.15, -0.1) is 0 Å². The summed E-state index contributed by atoms with van der Waals surface area (Å²) in [4.78, 5) is 13.7. The minimum Gasteiger partial charge on any atom is -0.465 e. The van der Waals surface area contributed by atoms with Gasteiger partial charge in [-0.25, -0.2) is 4.79 Å². The van der Waals surface area contributed by atoms with Crippen molar-refractivity contribution in [3.05, 3.63) is 48.0 Å². The molecule has 0 radical (unpaired) electrons. The molecule has 0 aromatic heterocycles. The minimum absolute atomic E-state index is 0.352. The number of nitrogens with two attached hydrogens (primary N) is 1. The molecule has 0 heterocycles. The first kappa shape index (κ1) is 14.7. The van der Waals surface area contributed by atoms with E-state index in [1.54, 1.807) is 12.1 Å². The lowest BCUT2D eigenvalue weighted by Crippen LogP contribution is -2.12. The summed E-state index contributed by atoms with van der Waals surface area (Å²) in [6.45, 7) is 0. The van der Waals surface area contributed by atoms with E-state index in [1.165, 1.54) is 7.11 Å². The number of nitrogens with zero attached hydrogens (tertiary/aromatic N) is 1. The van der Waals surface area contributed by atoms with Gasteiger partial charge in [0.05, 0.1) is 35.4 Å². The van der Waals surface area contributed by atoms with Crippen LogP contribution in [0.15, 0.2) is 42.5 Å². The third-order valence-electron chi connectivity index (χ3n) is 3.17. The summed E-state index contributed by atoms with van der Waals surface area (Å²) < 4.78 is 4.73. The van der Waals surface area contributed by atoms with Crippen molar-refractivity contribution >= 4 is 28.7 Å². The summed E-state index contributed by atoms with van der Waals surface area (Å²) in [5.41, 5.74) is 9.40. The van der Waals surface area contributed by atoms with Gasteiger partial charge in [0.2, 0.25) is 0 Å². The molecule has 0 aliphatic heterocycles. The van der Waals surface area contributed by atoms with E-state index in [0.717, 1.165) is 11.4 Å². The van der Waals surface area contributed by atoms with Crippen LogP contribution in [0.5, 0.6) is 0 Å². The van der Waals surface area contributed by atoms with Crippen molar-refractivity contribution < 1.29 is 9.53 Å². The van der Waals surface area contributed by atoms with Crippen molar-refractivity contribution in [2.24, 2.45) is 0 Å². The smallest absolute Gasteiger partial charge is 0.340 e. The number of carbonyl (C=O) groups is 1. The van der Waals surface area contributed by atoms with Crippen molar-refractivity contribution in [3.8, 4) is 0 Å². The maximum atomic E-state index is 11.7. The number of esters is 1. The Morgan fingerprint density at radius 2 is 1.76 bits per heavy atom. The topological polar surface area (TPSA) is 67.6 Å². The van der Waals surface area contributed by atoms with Crippen LogP contribution in [0.3, 0.4) is 0 Å². The summed E-state index contributed by atoms with van der Waals surface area (Å²) in [5, 5.41) is 3.27. The molecule has 5 heteroatoms. The predicted octanol–water partition coefficient (Wildman–Crippen LogP) is 2.87. The fourth-order valence-corrected chi connectivity index (χ4v) is 2.08.